The first kappa shape index (κ1) is 16.7. The maximum absolute atomic E-state index is 13.5. The summed E-state index contributed by atoms with van der Waals surface area (Å²) in [6, 6.07) is 4.66. The SMILES string of the molecule is C=CCN1C(=O)N[C@H](c2cccc(F)c2)C(C(=O)OCC)=C1C. The van der Waals surface area contributed by atoms with Crippen LogP contribution in [0.4, 0.5) is 9.18 Å². The van der Waals surface area contributed by atoms with Gasteiger partial charge in [0.25, 0.3) is 0 Å². The molecule has 1 aromatic carbocycles. The van der Waals surface area contributed by atoms with E-state index in [1.54, 1.807) is 26.0 Å². The maximum Gasteiger partial charge on any atom is 0.338 e. The highest BCUT2D eigenvalue weighted by molar-refractivity contribution is 5.95. The number of benzene rings is 1. The zero-order chi connectivity index (χ0) is 17.0. The highest BCUT2D eigenvalue weighted by Gasteiger charge is 2.36. The van der Waals surface area contributed by atoms with Crippen LogP contribution >= 0.6 is 0 Å². The van der Waals surface area contributed by atoms with Crippen LogP contribution in [0.5, 0.6) is 0 Å². The van der Waals surface area contributed by atoms with Crippen LogP contribution in [0.2, 0.25) is 0 Å². The van der Waals surface area contributed by atoms with Crippen molar-refractivity contribution < 1.29 is 18.7 Å². The van der Waals surface area contributed by atoms with Gasteiger partial charge in [-0.25, -0.2) is 14.0 Å². The van der Waals surface area contributed by atoms with Gasteiger partial charge in [0.1, 0.15) is 5.82 Å². The summed E-state index contributed by atoms with van der Waals surface area (Å²) < 4.78 is 18.6. The van der Waals surface area contributed by atoms with Gasteiger partial charge in [-0.1, -0.05) is 18.2 Å². The van der Waals surface area contributed by atoms with Crippen LogP contribution < -0.4 is 5.32 Å². The van der Waals surface area contributed by atoms with E-state index in [1.807, 2.05) is 0 Å². The second-order valence-corrected chi connectivity index (χ2v) is 5.06. The minimum absolute atomic E-state index is 0.209. The second-order valence-electron chi connectivity index (χ2n) is 5.06. The summed E-state index contributed by atoms with van der Waals surface area (Å²) in [7, 11) is 0. The molecule has 1 aromatic rings. The Kier molecular flexibility index (Phi) is 5.16. The molecule has 1 aliphatic rings. The Hall–Kier alpha value is -2.63. The van der Waals surface area contributed by atoms with Crippen molar-refractivity contribution in [3.63, 3.8) is 0 Å². The molecule has 122 valence electrons. The summed E-state index contributed by atoms with van der Waals surface area (Å²) in [5.41, 5.74) is 1.25. The molecule has 0 radical (unpaired) electrons. The molecule has 1 N–H and O–H groups in total. The summed E-state index contributed by atoms with van der Waals surface area (Å²) in [5.74, 6) is -0.973. The number of rotatable bonds is 5. The molecule has 2 rings (SSSR count). The summed E-state index contributed by atoms with van der Waals surface area (Å²) in [6.45, 7) is 7.45. The van der Waals surface area contributed by atoms with Gasteiger partial charge in [0.2, 0.25) is 0 Å². The van der Waals surface area contributed by atoms with Crippen LogP contribution in [0.15, 0.2) is 48.2 Å². The third kappa shape index (κ3) is 3.41. The van der Waals surface area contributed by atoms with E-state index in [9.17, 15) is 14.0 Å². The van der Waals surface area contributed by atoms with E-state index >= 15 is 0 Å². The first-order valence-electron chi connectivity index (χ1n) is 7.31. The molecule has 0 saturated heterocycles. The first-order chi connectivity index (χ1) is 11.0. The smallest absolute Gasteiger partial charge is 0.338 e. The Balaban J connectivity index is 2.53. The van der Waals surface area contributed by atoms with E-state index < -0.39 is 17.8 Å². The molecule has 2 amide bonds. The number of allylic oxidation sites excluding steroid dienone is 1. The summed E-state index contributed by atoms with van der Waals surface area (Å²) in [4.78, 5) is 26.0. The van der Waals surface area contributed by atoms with Crippen molar-refractivity contribution in [2.24, 2.45) is 0 Å². The van der Waals surface area contributed by atoms with Gasteiger partial charge < -0.3 is 10.1 Å². The molecular weight excluding hydrogens is 299 g/mol. The fourth-order valence-corrected chi connectivity index (χ4v) is 2.54. The van der Waals surface area contributed by atoms with Crippen LogP contribution in [0.25, 0.3) is 0 Å². The average Bonchev–Trinajstić information content (AvgIpc) is 2.51. The molecule has 0 saturated carbocycles. The van der Waals surface area contributed by atoms with Crippen molar-refractivity contribution in [2.75, 3.05) is 13.2 Å². The normalized spacial score (nSPS) is 17.8. The van der Waals surface area contributed by atoms with Crippen molar-refractivity contribution >= 4 is 12.0 Å². The lowest BCUT2D eigenvalue weighted by molar-refractivity contribution is -0.139. The van der Waals surface area contributed by atoms with Gasteiger partial charge in [-0.05, 0) is 31.5 Å². The number of urea groups is 1. The van der Waals surface area contributed by atoms with Gasteiger partial charge in [-0.15, -0.1) is 6.58 Å². The summed E-state index contributed by atoms with van der Waals surface area (Å²) in [6.07, 6.45) is 1.56. The quantitative estimate of drug-likeness (QED) is 0.671. The van der Waals surface area contributed by atoms with Crippen molar-refractivity contribution in [1.82, 2.24) is 10.2 Å². The number of halogens is 1. The van der Waals surface area contributed by atoms with E-state index in [0.29, 0.717) is 16.8 Å². The third-order valence-electron chi connectivity index (χ3n) is 3.59. The fourth-order valence-electron chi connectivity index (χ4n) is 2.54. The van der Waals surface area contributed by atoms with Crippen LogP contribution in [-0.2, 0) is 9.53 Å². The molecule has 6 heteroatoms. The number of hydrogen-bond donors (Lipinski definition) is 1. The Labute approximate surface area is 134 Å². The number of hydrogen-bond acceptors (Lipinski definition) is 3. The van der Waals surface area contributed by atoms with Crippen LogP contribution in [0.1, 0.15) is 25.5 Å². The molecule has 0 aromatic heterocycles. The number of amides is 2. The van der Waals surface area contributed by atoms with Crippen LogP contribution in [0, 0.1) is 5.82 Å². The highest BCUT2D eigenvalue weighted by Crippen LogP contribution is 2.31. The predicted molar refractivity (Wildman–Crippen MR) is 83.9 cm³/mol. The highest BCUT2D eigenvalue weighted by atomic mass is 19.1. The zero-order valence-corrected chi connectivity index (χ0v) is 13.1. The molecule has 23 heavy (non-hydrogen) atoms. The van der Waals surface area contributed by atoms with Gasteiger partial charge in [0.15, 0.2) is 0 Å². The average molecular weight is 318 g/mol. The molecule has 1 heterocycles. The molecule has 5 nitrogen and oxygen atoms in total. The predicted octanol–water partition coefficient (Wildman–Crippen LogP) is 2.92. The topological polar surface area (TPSA) is 58.6 Å². The molecule has 1 aliphatic heterocycles. The zero-order valence-electron chi connectivity index (χ0n) is 13.1. The molecule has 0 fully saturated rings. The van der Waals surface area contributed by atoms with E-state index in [-0.39, 0.29) is 19.2 Å². The van der Waals surface area contributed by atoms with E-state index in [4.69, 9.17) is 4.74 Å². The number of nitrogens with one attached hydrogen (secondary N) is 1. The van der Waals surface area contributed by atoms with Crippen molar-refractivity contribution in [2.45, 2.75) is 19.9 Å². The fraction of sp³-hybridized carbons (Fsp3) is 0.294. The monoisotopic (exact) mass is 318 g/mol. The maximum atomic E-state index is 13.5. The summed E-state index contributed by atoms with van der Waals surface area (Å²) in [5, 5.41) is 2.73. The molecule has 0 unspecified atom stereocenters. The van der Waals surface area contributed by atoms with Crippen molar-refractivity contribution in [1.29, 1.82) is 0 Å². The van der Waals surface area contributed by atoms with Crippen molar-refractivity contribution in [3.05, 3.63) is 59.6 Å². The molecule has 0 bridgehead atoms. The molecule has 0 spiro atoms. The number of nitrogens with zero attached hydrogens (tertiary/aromatic N) is 1. The first-order valence-corrected chi connectivity index (χ1v) is 7.31. The molecular formula is C17H19FN2O3. The van der Waals surface area contributed by atoms with Gasteiger partial charge in [0, 0.05) is 12.2 Å². The van der Waals surface area contributed by atoms with E-state index in [1.165, 1.54) is 23.1 Å². The van der Waals surface area contributed by atoms with Gasteiger partial charge in [-0.3, -0.25) is 4.90 Å². The summed E-state index contributed by atoms with van der Waals surface area (Å²) >= 11 is 0. The number of ether oxygens (including phenoxy) is 1. The van der Waals surface area contributed by atoms with Crippen LogP contribution in [-0.4, -0.2) is 30.1 Å². The third-order valence-corrected chi connectivity index (χ3v) is 3.59. The van der Waals surface area contributed by atoms with Gasteiger partial charge in [-0.2, -0.15) is 0 Å². The van der Waals surface area contributed by atoms with E-state index in [0.717, 1.165) is 0 Å². The van der Waals surface area contributed by atoms with Crippen molar-refractivity contribution in [3.8, 4) is 0 Å². The molecule has 1 atom stereocenters. The number of carbonyl (C=O) groups is 2. The Morgan fingerprint density at radius 2 is 2.26 bits per heavy atom. The van der Waals surface area contributed by atoms with Gasteiger partial charge in [0.05, 0.1) is 18.2 Å². The van der Waals surface area contributed by atoms with Gasteiger partial charge >= 0.3 is 12.0 Å². The largest absolute Gasteiger partial charge is 0.463 e. The Bertz CT molecular complexity index is 670. The standard InChI is InChI=1S/C17H19FN2O3/c1-4-9-20-11(3)14(16(21)23-5-2)15(19-17(20)22)12-7-6-8-13(18)10-12/h4,6-8,10,15H,1,5,9H2,2-3H3,(H,19,22)/t15-/m1/s1. The second kappa shape index (κ2) is 7.09. The molecule has 0 aliphatic carbocycles. The lowest BCUT2D eigenvalue weighted by atomic mass is 9.95. The number of carbonyl (C=O) groups excluding carboxylic acids is 2. The van der Waals surface area contributed by atoms with E-state index in [2.05, 4.69) is 11.9 Å². The number of esters is 1. The minimum atomic E-state index is -0.752. The van der Waals surface area contributed by atoms with Crippen LogP contribution in [0.3, 0.4) is 0 Å². The Morgan fingerprint density at radius 1 is 1.52 bits per heavy atom. The lowest BCUT2D eigenvalue weighted by Crippen LogP contribution is -2.48. The Morgan fingerprint density at radius 3 is 2.87 bits per heavy atom. The lowest BCUT2D eigenvalue weighted by Gasteiger charge is -2.34. The minimum Gasteiger partial charge on any atom is -0.463 e.